The molecule has 0 unspecified atom stereocenters. The maximum atomic E-state index is 14.7. The Morgan fingerprint density at radius 3 is 0.308 bits per heavy atom. The van der Waals surface area contributed by atoms with Gasteiger partial charge >= 0.3 is 143 Å². The standard InChI is InChI=1S/C26F50S2/c27-3(28,5(31,32)7(35,36)9(39,40)11(43,44)13(47,48)15(51,52)17(55,56)19(59,60)21(63,64)23(67,68)25(71,72)73)1-2(78-77-1)4(29,30)6(33,34)8(37,38)10(41,42)12(45,46)14(49,50)16(53,54)18(57,58)20(61,62)22(65,66)24(69,70)26(74,75)76. The summed E-state index contributed by atoms with van der Waals surface area (Å²) < 4.78 is 687. The third-order valence-electron chi connectivity index (χ3n) is 9.58. The van der Waals surface area contributed by atoms with Crippen LogP contribution in [0.5, 0.6) is 0 Å². The molecule has 0 aliphatic heterocycles. The van der Waals surface area contributed by atoms with Crippen molar-refractivity contribution in [1.82, 2.24) is 0 Å². The monoisotopic (exact) mass is 1330 g/mol. The van der Waals surface area contributed by atoms with Crippen molar-refractivity contribution in [3.05, 3.63) is 9.75 Å². The first-order chi connectivity index (χ1) is 32.7. The lowest BCUT2D eigenvalue weighted by Gasteiger charge is -2.46. The molecule has 0 aliphatic carbocycles. The van der Waals surface area contributed by atoms with Gasteiger partial charge in [-0.2, -0.15) is 220 Å². The van der Waals surface area contributed by atoms with Gasteiger partial charge < -0.3 is 0 Å². The number of rotatable bonds is 22. The van der Waals surface area contributed by atoms with E-state index < -0.39 is 173 Å². The van der Waals surface area contributed by atoms with E-state index in [1.54, 1.807) is 0 Å². The van der Waals surface area contributed by atoms with Crippen LogP contribution >= 0.6 is 20.7 Å². The van der Waals surface area contributed by atoms with E-state index >= 15 is 0 Å². The lowest BCUT2D eigenvalue weighted by molar-refractivity contribution is -0.483. The van der Waals surface area contributed by atoms with Crippen LogP contribution in [0, 0.1) is 0 Å². The van der Waals surface area contributed by atoms with Gasteiger partial charge in [-0.25, -0.2) is 0 Å². The van der Waals surface area contributed by atoms with Gasteiger partial charge in [-0.1, -0.05) is 20.7 Å². The first-order valence-corrected chi connectivity index (χ1v) is 18.4. The average molecular weight is 1330 g/mol. The van der Waals surface area contributed by atoms with E-state index in [9.17, 15) is 220 Å². The number of hydrogen-bond donors (Lipinski definition) is 0. The predicted octanol–water partition coefficient (Wildman–Crippen LogP) is 17.8. The molecule has 0 radical (unpaired) electrons. The van der Waals surface area contributed by atoms with Crippen molar-refractivity contribution in [3.63, 3.8) is 0 Å². The van der Waals surface area contributed by atoms with Crippen molar-refractivity contribution in [1.29, 1.82) is 0 Å². The van der Waals surface area contributed by atoms with Crippen molar-refractivity contribution in [2.75, 3.05) is 0 Å². The maximum Gasteiger partial charge on any atom is 0.460 e. The molecule has 0 aromatic carbocycles. The Kier molecular flexibility index (Phi) is 16.4. The molecule has 78 heavy (non-hydrogen) atoms. The molecular weight excluding hydrogens is 1330 g/mol. The first-order valence-electron chi connectivity index (χ1n) is 16.3. The molecule has 1 heterocycles. The summed E-state index contributed by atoms with van der Waals surface area (Å²) in [5.74, 6) is -217. The molecule has 52 heteroatoms. The van der Waals surface area contributed by atoms with Crippen molar-refractivity contribution >= 4 is 20.7 Å². The van der Waals surface area contributed by atoms with Crippen LogP contribution < -0.4 is 0 Å². The predicted molar refractivity (Wildman–Crippen MR) is 141 cm³/mol. The molecule has 0 bridgehead atoms. The molecule has 0 amide bonds. The number of alkyl halides is 50. The SMILES string of the molecule is FC(F)(F)C(F)(F)C(F)(F)C(F)(F)C(F)(F)C(F)(F)C(F)(F)C(F)(F)C(F)(F)C(F)(F)C(F)(F)C(F)(F)c1ssc1C(F)(F)C(F)(F)C(F)(F)C(F)(F)C(F)(F)C(F)(F)C(F)(F)C(F)(F)C(F)(F)C(F)(F)C(F)(F)C(F)(F)F. The quantitative estimate of drug-likeness (QED) is 0.0802. The van der Waals surface area contributed by atoms with Crippen molar-refractivity contribution in [2.24, 2.45) is 0 Å². The fourth-order valence-corrected chi connectivity index (χ4v) is 7.06. The van der Waals surface area contributed by atoms with Crippen molar-refractivity contribution < 1.29 is 220 Å². The van der Waals surface area contributed by atoms with Gasteiger partial charge in [0.1, 0.15) is 9.75 Å². The molecule has 1 aromatic rings. The minimum atomic E-state index is -10.4. The normalized spacial score (nSPS) is 17.4. The van der Waals surface area contributed by atoms with Crippen LogP contribution in [0.1, 0.15) is 9.75 Å². The zero-order chi connectivity index (χ0) is 64.6. The summed E-state index contributed by atoms with van der Waals surface area (Å²) in [7, 11) is -5.05. The maximum absolute atomic E-state index is 14.7. The summed E-state index contributed by atoms with van der Waals surface area (Å²) in [6.45, 7) is 0. The molecule has 466 valence electrons. The van der Waals surface area contributed by atoms with E-state index in [2.05, 4.69) is 0 Å². The summed E-state index contributed by atoms with van der Waals surface area (Å²) in [6, 6.07) is 0. The Labute approximate surface area is 393 Å². The molecule has 0 aliphatic rings. The summed E-state index contributed by atoms with van der Waals surface area (Å²) >= 11 is 0. The minimum absolute atomic E-state index is 2.53. The fraction of sp³-hybridized carbons (Fsp3) is 0.923. The minimum Gasteiger partial charge on any atom is -0.193 e. The second-order valence-corrected chi connectivity index (χ2v) is 16.6. The highest BCUT2D eigenvalue weighted by Crippen LogP contribution is 2.72. The van der Waals surface area contributed by atoms with Gasteiger partial charge in [0.25, 0.3) is 0 Å². The molecule has 0 nitrogen and oxygen atoms in total. The first kappa shape index (κ1) is 72.7. The van der Waals surface area contributed by atoms with Gasteiger partial charge in [0, 0.05) is 0 Å². The van der Waals surface area contributed by atoms with Gasteiger partial charge in [-0.05, 0) is 0 Å². The van der Waals surface area contributed by atoms with Crippen molar-refractivity contribution in [3.8, 4) is 0 Å². The Hall–Kier alpha value is -3.32. The zero-order valence-electron chi connectivity index (χ0n) is 32.7. The van der Waals surface area contributed by atoms with E-state index in [1.807, 2.05) is 0 Å². The van der Waals surface area contributed by atoms with Crippen LogP contribution in [0.3, 0.4) is 0 Å². The summed E-state index contributed by atoms with van der Waals surface area (Å²) in [4.78, 5) is -9.98. The van der Waals surface area contributed by atoms with Crippen LogP contribution in [-0.4, -0.2) is 131 Å². The summed E-state index contributed by atoms with van der Waals surface area (Å²) in [5.41, 5.74) is 0. The Morgan fingerprint density at radius 2 is 0.218 bits per heavy atom. The molecule has 0 fully saturated rings. The molecule has 1 aromatic heterocycles. The molecule has 0 atom stereocenters. The van der Waals surface area contributed by atoms with Crippen molar-refractivity contribution in [2.45, 2.75) is 143 Å². The molecule has 0 spiro atoms. The smallest absolute Gasteiger partial charge is 0.193 e. The average Bonchev–Trinajstić information content (AvgIpc) is 3.17. The van der Waals surface area contributed by atoms with E-state index in [0.717, 1.165) is 0 Å². The fourth-order valence-electron chi connectivity index (χ4n) is 4.71. The third-order valence-corrected chi connectivity index (χ3v) is 12.3. The number of halogens is 50. The lowest BCUT2D eigenvalue weighted by Crippen LogP contribution is -2.78. The second kappa shape index (κ2) is 17.6. The Bertz CT molecular complexity index is 2160. The topological polar surface area (TPSA) is 0 Å². The van der Waals surface area contributed by atoms with Gasteiger partial charge in [-0.15, -0.1) is 0 Å². The summed E-state index contributed by atoms with van der Waals surface area (Å²) in [5, 5.41) is 0. The lowest BCUT2D eigenvalue weighted by atomic mass is 9.83. The van der Waals surface area contributed by atoms with Gasteiger partial charge in [0.15, 0.2) is 0 Å². The highest BCUT2D eigenvalue weighted by Gasteiger charge is 3.02. The highest BCUT2D eigenvalue weighted by atomic mass is 32.9. The number of hydrogen-bond acceptors (Lipinski definition) is 2. The van der Waals surface area contributed by atoms with Crippen LogP contribution in [0.25, 0.3) is 0 Å². The van der Waals surface area contributed by atoms with Gasteiger partial charge in [-0.3, -0.25) is 0 Å². The van der Waals surface area contributed by atoms with Crippen LogP contribution in [0.15, 0.2) is 0 Å². The van der Waals surface area contributed by atoms with E-state index in [1.165, 1.54) is 0 Å². The molecule has 0 saturated carbocycles. The van der Waals surface area contributed by atoms with E-state index in [4.69, 9.17) is 0 Å². The third kappa shape index (κ3) is 8.03. The highest BCUT2D eigenvalue weighted by molar-refractivity contribution is 7.72. The second-order valence-electron chi connectivity index (χ2n) is 14.5. The van der Waals surface area contributed by atoms with E-state index in [0.29, 0.717) is 0 Å². The molecule has 1 rings (SSSR count). The summed E-state index contributed by atoms with van der Waals surface area (Å²) in [6.07, 6.45) is -17.1. The van der Waals surface area contributed by atoms with Crippen LogP contribution in [0.4, 0.5) is 220 Å². The Morgan fingerprint density at radius 1 is 0.128 bits per heavy atom. The van der Waals surface area contributed by atoms with Crippen LogP contribution in [-0.2, 0) is 11.8 Å². The van der Waals surface area contributed by atoms with Gasteiger partial charge in [0.2, 0.25) is 0 Å². The zero-order valence-corrected chi connectivity index (χ0v) is 34.3. The molecule has 0 N–H and O–H groups in total. The molecule has 0 saturated heterocycles. The van der Waals surface area contributed by atoms with Gasteiger partial charge in [0.05, 0.1) is 0 Å². The Balaban J connectivity index is 4.17. The largest absolute Gasteiger partial charge is 0.460 e. The van der Waals surface area contributed by atoms with Crippen LogP contribution in [0.2, 0.25) is 0 Å². The molecular formula is C26F50S2. The van der Waals surface area contributed by atoms with E-state index in [-0.39, 0.29) is 0 Å².